The molecule has 1 N–H and O–H groups in total. The Morgan fingerprint density at radius 1 is 1.30 bits per heavy atom. The predicted molar refractivity (Wildman–Crippen MR) is 78.4 cm³/mol. The van der Waals surface area contributed by atoms with Crippen molar-refractivity contribution in [2.75, 3.05) is 6.54 Å². The van der Waals surface area contributed by atoms with E-state index in [9.17, 15) is 4.79 Å². The van der Waals surface area contributed by atoms with Gasteiger partial charge in [-0.3, -0.25) is 9.20 Å². The van der Waals surface area contributed by atoms with E-state index in [2.05, 4.69) is 29.4 Å². The number of nitrogens with zero attached hydrogens (tertiary/aromatic N) is 3. The molecule has 0 aliphatic rings. The van der Waals surface area contributed by atoms with Crippen molar-refractivity contribution in [3.63, 3.8) is 0 Å². The first-order valence-electron chi connectivity index (χ1n) is 7.32. The molecule has 0 unspecified atom stereocenters. The van der Waals surface area contributed by atoms with Crippen molar-refractivity contribution < 1.29 is 4.79 Å². The van der Waals surface area contributed by atoms with E-state index < -0.39 is 0 Å². The first-order chi connectivity index (χ1) is 9.76. The fourth-order valence-electron chi connectivity index (χ4n) is 2.32. The Morgan fingerprint density at radius 3 is 2.85 bits per heavy atom. The summed E-state index contributed by atoms with van der Waals surface area (Å²) < 4.78 is 1.99. The highest BCUT2D eigenvalue weighted by molar-refractivity contribution is 5.78. The Balaban J connectivity index is 1.80. The van der Waals surface area contributed by atoms with Crippen LogP contribution in [0.25, 0.3) is 5.65 Å². The van der Waals surface area contributed by atoms with E-state index in [0.717, 1.165) is 37.2 Å². The van der Waals surface area contributed by atoms with Crippen LogP contribution in [0.3, 0.4) is 0 Å². The third-order valence-corrected chi connectivity index (χ3v) is 3.62. The van der Waals surface area contributed by atoms with Crippen molar-refractivity contribution in [1.82, 2.24) is 19.9 Å². The lowest BCUT2D eigenvalue weighted by molar-refractivity contribution is -0.125. The first-order valence-corrected chi connectivity index (χ1v) is 7.32. The normalized spacial score (nSPS) is 11.2. The lowest BCUT2D eigenvalue weighted by Crippen LogP contribution is -2.31. The van der Waals surface area contributed by atoms with E-state index in [1.807, 2.05) is 28.8 Å². The number of fused-ring (bicyclic) bond motifs is 1. The van der Waals surface area contributed by atoms with Crippen LogP contribution < -0.4 is 5.32 Å². The van der Waals surface area contributed by atoms with E-state index in [1.54, 1.807) is 0 Å². The number of aromatic nitrogens is 3. The molecular weight excluding hydrogens is 252 g/mol. The zero-order valence-electron chi connectivity index (χ0n) is 12.2. The van der Waals surface area contributed by atoms with Gasteiger partial charge in [-0.1, -0.05) is 19.9 Å². The lowest BCUT2D eigenvalue weighted by atomic mass is 10.0. The minimum atomic E-state index is 0.143. The largest absolute Gasteiger partial charge is 0.356 e. The summed E-state index contributed by atoms with van der Waals surface area (Å²) in [6, 6.07) is 5.85. The Kier molecular flexibility index (Phi) is 5.09. The number of hydrogen-bond acceptors (Lipinski definition) is 3. The topological polar surface area (TPSA) is 59.3 Å². The molecule has 0 aliphatic carbocycles. The summed E-state index contributed by atoms with van der Waals surface area (Å²) in [5.41, 5.74) is 0.864. The van der Waals surface area contributed by atoms with Crippen LogP contribution in [0.4, 0.5) is 0 Å². The molecule has 2 heterocycles. The molecule has 0 aromatic carbocycles. The van der Waals surface area contributed by atoms with Gasteiger partial charge >= 0.3 is 0 Å². The third kappa shape index (κ3) is 3.35. The van der Waals surface area contributed by atoms with Crippen molar-refractivity contribution >= 4 is 11.6 Å². The second kappa shape index (κ2) is 7.03. The maximum atomic E-state index is 11.8. The zero-order valence-corrected chi connectivity index (χ0v) is 12.2. The molecule has 0 saturated carbocycles. The van der Waals surface area contributed by atoms with Crippen molar-refractivity contribution in [3.8, 4) is 0 Å². The molecule has 2 aromatic heterocycles. The van der Waals surface area contributed by atoms with E-state index in [-0.39, 0.29) is 11.8 Å². The van der Waals surface area contributed by atoms with Crippen LogP contribution in [0.5, 0.6) is 0 Å². The minimum Gasteiger partial charge on any atom is -0.356 e. The summed E-state index contributed by atoms with van der Waals surface area (Å²) in [5, 5.41) is 11.3. The second-order valence-electron chi connectivity index (χ2n) is 4.95. The number of carbonyl (C=O) groups is 1. The maximum absolute atomic E-state index is 11.8. The molecule has 0 spiro atoms. The molecule has 2 aromatic rings. The summed E-state index contributed by atoms with van der Waals surface area (Å²) in [4.78, 5) is 11.8. The van der Waals surface area contributed by atoms with Gasteiger partial charge in [0.2, 0.25) is 5.91 Å². The Morgan fingerprint density at radius 2 is 2.10 bits per heavy atom. The predicted octanol–water partition coefficient (Wildman–Crippen LogP) is 2.21. The average molecular weight is 274 g/mol. The van der Waals surface area contributed by atoms with Gasteiger partial charge in [0.15, 0.2) is 5.65 Å². The van der Waals surface area contributed by atoms with Gasteiger partial charge in [0.25, 0.3) is 0 Å². The molecule has 0 aliphatic heterocycles. The molecule has 1 amide bonds. The van der Waals surface area contributed by atoms with Crippen molar-refractivity contribution in [3.05, 3.63) is 30.2 Å². The summed E-state index contributed by atoms with van der Waals surface area (Å²) in [6.07, 6.45) is 5.46. The standard InChI is InChI=1S/C15H22N4O/c1-3-12(4-2)15(20)16-10-7-9-14-18-17-13-8-5-6-11-19(13)14/h5-6,8,11-12H,3-4,7,9-10H2,1-2H3,(H,16,20). The van der Waals surface area contributed by atoms with Gasteiger partial charge < -0.3 is 5.32 Å². The molecule has 2 rings (SSSR count). The van der Waals surface area contributed by atoms with Crippen molar-refractivity contribution in [2.24, 2.45) is 5.92 Å². The summed E-state index contributed by atoms with van der Waals surface area (Å²) in [7, 11) is 0. The highest BCUT2D eigenvalue weighted by Gasteiger charge is 2.13. The van der Waals surface area contributed by atoms with Crippen LogP contribution in [-0.4, -0.2) is 27.0 Å². The van der Waals surface area contributed by atoms with Gasteiger partial charge in [-0.05, 0) is 31.4 Å². The Hall–Kier alpha value is -1.91. The monoisotopic (exact) mass is 274 g/mol. The fourth-order valence-corrected chi connectivity index (χ4v) is 2.32. The van der Waals surface area contributed by atoms with Gasteiger partial charge in [0.05, 0.1) is 0 Å². The van der Waals surface area contributed by atoms with Gasteiger partial charge in [-0.25, -0.2) is 0 Å². The third-order valence-electron chi connectivity index (χ3n) is 3.62. The smallest absolute Gasteiger partial charge is 0.223 e. The van der Waals surface area contributed by atoms with Crippen LogP contribution in [0.15, 0.2) is 24.4 Å². The molecule has 0 radical (unpaired) electrons. The number of amides is 1. The van der Waals surface area contributed by atoms with E-state index in [1.165, 1.54) is 0 Å². The fraction of sp³-hybridized carbons (Fsp3) is 0.533. The first kappa shape index (κ1) is 14.5. The molecule has 108 valence electrons. The zero-order chi connectivity index (χ0) is 14.4. The SMILES string of the molecule is CCC(CC)C(=O)NCCCc1nnc2ccccn12. The highest BCUT2D eigenvalue weighted by atomic mass is 16.1. The van der Waals surface area contributed by atoms with Gasteiger partial charge in [0.1, 0.15) is 5.82 Å². The molecule has 20 heavy (non-hydrogen) atoms. The lowest BCUT2D eigenvalue weighted by Gasteiger charge is -2.12. The maximum Gasteiger partial charge on any atom is 0.223 e. The molecular formula is C15H22N4O. The highest BCUT2D eigenvalue weighted by Crippen LogP contribution is 2.07. The number of pyridine rings is 1. The van der Waals surface area contributed by atoms with Crippen LogP contribution >= 0.6 is 0 Å². The summed E-state index contributed by atoms with van der Waals surface area (Å²) in [6.45, 7) is 4.79. The molecule has 5 nitrogen and oxygen atoms in total. The van der Waals surface area contributed by atoms with E-state index in [4.69, 9.17) is 0 Å². The quantitative estimate of drug-likeness (QED) is 0.788. The van der Waals surface area contributed by atoms with Gasteiger partial charge in [-0.2, -0.15) is 0 Å². The van der Waals surface area contributed by atoms with Crippen LogP contribution in [0.2, 0.25) is 0 Å². The van der Waals surface area contributed by atoms with Crippen molar-refractivity contribution in [1.29, 1.82) is 0 Å². The number of hydrogen-bond donors (Lipinski definition) is 1. The van der Waals surface area contributed by atoms with Crippen LogP contribution in [0.1, 0.15) is 38.9 Å². The molecule has 5 heteroatoms. The second-order valence-corrected chi connectivity index (χ2v) is 4.95. The van der Waals surface area contributed by atoms with Crippen LogP contribution in [-0.2, 0) is 11.2 Å². The number of rotatable bonds is 7. The van der Waals surface area contributed by atoms with E-state index >= 15 is 0 Å². The summed E-state index contributed by atoms with van der Waals surface area (Å²) in [5.74, 6) is 1.25. The minimum absolute atomic E-state index is 0.143. The number of nitrogens with one attached hydrogen (secondary N) is 1. The van der Waals surface area contributed by atoms with Crippen molar-refractivity contribution in [2.45, 2.75) is 39.5 Å². The molecule has 0 fully saturated rings. The number of aryl methyl sites for hydroxylation is 1. The average Bonchev–Trinajstić information content (AvgIpc) is 2.88. The summed E-state index contributed by atoms with van der Waals surface area (Å²) >= 11 is 0. The Bertz CT molecular complexity index is 560. The number of carbonyl (C=O) groups excluding carboxylic acids is 1. The van der Waals surface area contributed by atoms with Gasteiger partial charge in [-0.15, -0.1) is 10.2 Å². The molecule has 0 saturated heterocycles. The Labute approximate surface area is 119 Å². The van der Waals surface area contributed by atoms with Gasteiger partial charge in [0, 0.05) is 25.1 Å². The molecule has 0 atom stereocenters. The molecule has 0 bridgehead atoms. The van der Waals surface area contributed by atoms with E-state index in [0.29, 0.717) is 6.54 Å². The van der Waals surface area contributed by atoms with Crippen LogP contribution in [0, 0.1) is 5.92 Å².